The summed E-state index contributed by atoms with van der Waals surface area (Å²) < 4.78 is 18.9. The third-order valence-electron chi connectivity index (χ3n) is 6.36. The standard InChI is InChI=1S/C27H27FO4/c1-16-12-26(32-15-27(30)31)22-5-3-4-21(22)23(16)13-18-6-11-25(29)24(14-18)17(2)19-7-9-20(28)10-8-19/h6-12,14,17,29H,3-5,13,15H2,1-2H3,(H,30,31). The summed E-state index contributed by atoms with van der Waals surface area (Å²) in [6.07, 6.45) is 3.58. The predicted octanol–water partition coefficient (Wildman–Crippen LogP) is 5.53. The van der Waals surface area contributed by atoms with Gasteiger partial charge in [0, 0.05) is 11.5 Å². The average Bonchev–Trinajstić information content (AvgIpc) is 3.25. The Labute approximate surface area is 187 Å². The Bertz CT molecular complexity index is 1150. The SMILES string of the molecule is Cc1cc(OCC(=O)O)c2c(c1Cc1ccc(O)c(C(C)c3ccc(F)cc3)c1)CCC2. The van der Waals surface area contributed by atoms with Crippen LogP contribution in [0.15, 0.2) is 48.5 Å². The number of aromatic hydroxyl groups is 1. The lowest BCUT2D eigenvalue weighted by atomic mass is 9.88. The van der Waals surface area contributed by atoms with Crippen molar-refractivity contribution in [3.05, 3.63) is 93.3 Å². The van der Waals surface area contributed by atoms with E-state index in [1.807, 2.05) is 32.0 Å². The lowest BCUT2D eigenvalue weighted by Gasteiger charge is -2.19. The molecule has 0 spiro atoms. The van der Waals surface area contributed by atoms with Crippen molar-refractivity contribution in [1.29, 1.82) is 0 Å². The fourth-order valence-electron chi connectivity index (χ4n) is 4.67. The van der Waals surface area contributed by atoms with Crippen LogP contribution in [0.25, 0.3) is 0 Å². The van der Waals surface area contributed by atoms with E-state index in [0.717, 1.165) is 53.5 Å². The topological polar surface area (TPSA) is 66.8 Å². The van der Waals surface area contributed by atoms with Crippen molar-refractivity contribution < 1.29 is 24.1 Å². The van der Waals surface area contributed by atoms with E-state index in [2.05, 4.69) is 0 Å². The van der Waals surface area contributed by atoms with Gasteiger partial charge in [-0.05, 0) is 90.3 Å². The number of hydrogen-bond acceptors (Lipinski definition) is 3. The largest absolute Gasteiger partial charge is 0.508 e. The van der Waals surface area contributed by atoms with Gasteiger partial charge in [-0.2, -0.15) is 0 Å². The molecule has 0 aromatic heterocycles. The number of phenolic OH excluding ortho intramolecular Hbond substituents is 1. The number of fused-ring (bicyclic) bond motifs is 1. The summed E-state index contributed by atoms with van der Waals surface area (Å²) in [6.45, 7) is 3.70. The number of ether oxygens (including phenoxy) is 1. The average molecular weight is 435 g/mol. The molecule has 0 saturated carbocycles. The summed E-state index contributed by atoms with van der Waals surface area (Å²) in [6, 6.07) is 14.0. The van der Waals surface area contributed by atoms with Crippen molar-refractivity contribution in [2.75, 3.05) is 6.61 Å². The molecule has 0 amide bonds. The summed E-state index contributed by atoms with van der Waals surface area (Å²) in [4.78, 5) is 10.9. The maximum Gasteiger partial charge on any atom is 0.341 e. The van der Waals surface area contributed by atoms with Gasteiger partial charge in [-0.15, -0.1) is 0 Å². The lowest BCUT2D eigenvalue weighted by molar-refractivity contribution is -0.139. The Morgan fingerprint density at radius 1 is 1.09 bits per heavy atom. The highest BCUT2D eigenvalue weighted by Crippen LogP contribution is 2.38. The Morgan fingerprint density at radius 3 is 2.53 bits per heavy atom. The monoisotopic (exact) mass is 434 g/mol. The number of phenols is 1. The number of halogens is 1. The molecular formula is C27H27FO4. The van der Waals surface area contributed by atoms with E-state index in [1.54, 1.807) is 18.2 Å². The summed E-state index contributed by atoms with van der Waals surface area (Å²) in [5.41, 5.74) is 7.53. The van der Waals surface area contributed by atoms with Gasteiger partial charge in [0.1, 0.15) is 17.3 Å². The van der Waals surface area contributed by atoms with Gasteiger partial charge in [0.15, 0.2) is 6.61 Å². The number of aryl methyl sites for hydroxylation is 1. The quantitative estimate of drug-likeness (QED) is 0.513. The number of carboxylic acid groups (broad SMARTS) is 1. The van der Waals surface area contributed by atoms with Gasteiger partial charge in [0.2, 0.25) is 0 Å². The number of rotatable bonds is 7. The minimum absolute atomic E-state index is 0.0749. The van der Waals surface area contributed by atoms with E-state index < -0.39 is 5.97 Å². The first-order chi connectivity index (χ1) is 15.3. The molecular weight excluding hydrogens is 407 g/mol. The van der Waals surface area contributed by atoms with E-state index >= 15 is 0 Å². The molecule has 0 radical (unpaired) electrons. The van der Waals surface area contributed by atoms with Crippen molar-refractivity contribution in [2.24, 2.45) is 0 Å². The normalized spacial score (nSPS) is 13.6. The second-order valence-corrected chi connectivity index (χ2v) is 8.51. The second-order valence-electron chi connectivity index (χ2n) is 8.51. The van der Waals surface area contributed by atoms with Crippen LogP contribution in [0.1, 0.15) is 58.2 Å². The zero-order valence-corrected chi connectivity index (χ0v) is 18.3. The van der Waals surface area contributed by atoms with Crippen LogP contribution in [0.5, 0.6) is 11.5 Å². The van der Waals surface area contributed by atoms with Crippen LogP contribution >= 0.6 is 0 Å². The van der Waals surface area contributed by atoms with Crippen LogP contribution in [-0.4, -0.2) is 22.8 Å². The van der Waals surface area contributed by atoms with Crippen molar-refractivity contribution in [3.63, 3.8) is 0 Å². The Balaban J connectivity index is 1.65. The number of carbonyl (C=O) groups is 1. The number of carboxylic acids is 1. The Morgan fingerprint density at radius 2 is 1.81 bits per heavy atom. The molecule has 166 valence electrons. The van der Waals surface area contributed by atoms with Crippen LogP contribution in [0.3, 0.4) is 0 Å². The summed E-state index contributed by atoms with van der Waals surface area (Å²) in [5.74, 6) is -0.430. The molecule has 4 rings (SSSR count). The van der Waals surface area contributed by atoms with Crippen molar-refractivity contribution in [1.82, 2.24) is 0 Å². The first-order valence-electron chi connectivity index (χ1n) is 10.9. The molecule has 0 fully saturated rings. The number of aliphatic carboxylic acids is 1. The molecule has 32 heavy (non-hydrogen) atoms. The summed E-state index contributed by atoms with van der Waals surface area (Å²) in [7, 11) is 0. The molecule has 1 aliphatic rings. The fraction of sp³-hybridized carbons (Fsp3) is 0.296. The fourth-order valence-corrected chi connectivity index (χ4v) is 4.67. The van der Waals surface area contributed by atoms with Crippen LogP contribution in [0, 0.1) is 12.7 Å². The van der Waals surface area contributed by atoms with E-state index in [9.17, 15) is 14.3 Å². The summed E-state index contributed by atoms with van der Waals surface area (Å²) >= 11 is 0. The zero-order valence-electron chi connectivity index (χ0n) is 18.3. The number of benzene rings is 3. The highest BCUT2D eigenvalue weighted by Gasteiger charge is 2.23. The molecule has 0 saturated heterocycles. The summed E-state index contributed by atoms with van der Waals surface area (Å²) in [5, 5.41) is 19.5. The van der Waals surface area contributed by atoms with E-state index in [1.165, 1.54) is 23.3 Å². The third kappa shape index (κ3) is 4.47. The van der Waals surface area contributed by atoms with Gasteiger partial charge in [-0.3, -0.25) is 0 Å². The molecule has 1 unspecified atom stereocenters. The van der Waals surface area contributed by atoms with Crippen molar-refractivity contribution >= 4 is 5.97 Å². The van der Waals surface area contributed by atoms with E-state index in [0.29, 0.717) is 5.75 Å². The van der Waals surface area contributed by atoms with Crippen molar-refractivity contribution in [2.45, 2.75) is 45.4 Å². The van der Waals surface area contributed by atoms with Gasteiger partial charge >= 0.3 is 5.97 Å². The second kappa shape index (κ2) is 9.03. The molecule has 4 nitrogen and oxygen atoms in total. The van der Waals surface area contributed by atoms with Gasteiger partial charge in [0.25, 0.3) is 0 Å². The molecule has 0 heterocycles. The minimum Gasteiger partial charge on any atom is -0.508 e. The van der Waals surface area contributed by atoms with Crippen LogP contribution in [0.2, 0.25) is 0 Å². The maximum absolute atomic E-state index is 13.3. The highest BCUT2D eigenvalue weighted by atomic mass is 19.1. The zero-order chi connectivity index (χ0) is 22.8. The van der Waals surface area contributed by atoms with Crippen LogP contribution in [-0.2, 0) is 24.1 Å². The smallest absolute Gasteiger partial charge is 0.341 e. The molecule has 1 aliphatic carbocycles. The van der Waals surface area contributed by atoms with Gasteiger partial charge in [-0.1, -0.05) is 31.2 Å². The van der Waals surface area contributed by atoms with E-state index in [-0.39, 0.29) is 24.1 Å². The highest BCUT2D eigenvalue weighted by molar-refractivity contribution is 5.68. The Hall–Kier alpha value is -3.34. The predicted molar refractivity (Wildman–Crippen MR) is 121 cm³/mol. The molecule has 2 N–H and O–H groups in total. The minimum atomic E-state index is -0.981. The van der Waals surface area contributed by atoms with Crippen LogP contribution < -0.4 is 4.74 Å². The van der Waals surface area contributed by atoms with Crippen LogP contribution in [0.4, 0.5) is 4.39 Å². The maximum atomic E-state index is 13.3. The Kier molecular flexibility index (Phi) is 6.17. The molecule has 3 aromatic rings. The number of hydrogen-bond donors (Lipinski definition) is 2. The molecule has 3 aromatic carbocycles. The molecule has 5 heteroatoms. The molecule has 1 atom stereocenters. The molecule has 0 bridgehead atoms. The van der Waals surface area contributed by atoms with Gasteiger partial charge < -0.3 is 14.9 Å². The lowest BCUT2D eigenvalue weighted by Crippen LogP contribution is -2.11. The first-order valence-corrected chi connectivity index (χ1v) is 10.9. The third-order valence-corrected chi connectivity index (χ3v) is 6.36. The first kappa shape index (κ1) is 21.9. The molecule has 0 aliphatic heterocycles. The van der Waals surface area contributed by atoms with E-state index in [4.69, 9.17) is 9.84 Å². The van der Waals surface area contributed by atoms with Gasteiger partial charge in [-0.25, -0.2) is 9.18 Å². The van der Waals surface area contributed by atoms with Gasteiger partial charge in [0.05, 0.1) is 0 Å². The van der Waals surface area contributed by atoms with Crippen molar-refractivity contribution in [3.8, 4) is 11.5 Å².